The fourth-order valence-electron chi connectivity index (χ4n) is 3.27. The Kier molecular flexibility index (Phi) is 3.78. The van der Waals surface area contributed by atoms with E-state index in [1.165, 1.54) is 0 Å². The van der Waals surface area contributed by atoms with Gasteiger partial charge in [0, 0.05) is 37.7 Å². The van der Waals surface area contributed by atoms with E-state index in [-0.39, 0.29) is 5.41 Å². The molecule has 1 unspecified atom stereocenters. The Morgan fingerprint density at radius 1 is 1.29 bits per heavy atom. The normalized spacial score (nSPS) is 34.4. The van der Waals surface area contributed by atoms with Crippen molar-refractivity contribution in [3.8, 4) is 0 Å². The molecule has 0 aromatic carbocycles. The minimum Gasteiger partial charge on any atom is -0.389 e. The molecule has 2 fully saturated rings. The van der Waals surface area contributed by atoms with Gasteiger partial charge < -0.3 is 20.5 Å². The summed E-state index contributed by atoms with van der Waals surface area (Å²) in [5.74, 6) is 0. The number of ether oxygens (including phenoxy) is 1. The van der Waals surface area contributed by atoms with Crippen LogP contribution in [0.4, 0.5) is 0 Å². The lowest BCUT2D eigenvalue weighted by Gasteiger charge is -2.49. The number of rotatable bonds is 3. The number of piperidine rings is 1. The second kappa shape index (κ2) is 4.84. The van der Waals surface area contributed by atoms with Crippen LogP contribution in [0.3, 0.4) is 0 Å². The molecule has 0 bridgehead atoms. The first kappa shape index (κ1) is 13.3. The third-order valence-electron chi connectivity index (χ3n) is 4.84. The molecule has 1 atom stereocenters. The van der Waals surface area contributed by atoms with Crippen LogP contribution >= 0.6 is 0 Å². The Labute approximate surface area is 104 Å². The standard InChI is InChI=1S/C13H26N2O2/c1-11(2)15-6-3-13(16,4-7-15)12(9-14)5-8-17-10-12/h11,16H,3-10,14H2,1-2H3. The van der Waals surface area contributed by atoms with Gasteiger partial charge in [-0.15, -0.1) is 0 Å². The zero-order chi connectivity index (χ0) is 12.5. The van der Waals surface area contributed by atoms with Gasteiger partial charge in [-0.3, -0.25) is 0 Å². The van der Waals surface area contributed by atoms with Gasteiger partial charge in [0.1, 0.15) is 0 Å². The average molecular weight is 242 g/mol. The summed E-state index contributed by atoms with van der Waals surface area (Å²) in [6.07, 6.45) is 2.55. The zero-order valence-corrected chi connectivity index (χ0v) is 11.1. The number of nitrogens with two attached hydrogens (primary N) is 1. The second-order valence-electron chi connectivity index (χ2n) is 5.95. The van der Waals surface area contributed by atoms with Crippen LogP contribution in [-0.4, -0.2) is 54.5 Å². The maximum absolute atomic E-state index is 10.9. The van der Waals surface area contributed by atoms with Crippen molar-refractivity contribution in [3.63, 3.8) is 0 Å². The summed E-state index contributed by atoms with van der Waals surface area (Å²) >= 11 is 0. The predicted octanol–water partition coefficient (Wildman–Crippen LogP) is 0.587. The van der Waals surface area contributed by atoms with Crippen LogP contribution in [0.5, 0.6) is 0 Å². The molecule has 2 aliphatic rings. The van der Waals surface area contributed by atoms with E-state index in [2.05, 4.69) is 18.7 Å². The summed E-state index contributed by atoms with van der Waals surface area (Å²) in [4.78, 5) is 2.43. The maximum Gasteiger partial charge on any atom is 0.0763 e. The van der Waals surface area contributed by atoms with Crippen molar-refractivity contribution in [1.29, 1.82) is 0 Å². The van der Waals surface area contributed by atoms with Crippen LogP contribution in [0.15, 0.2) is 0 Å². The Morgan fingerprint density at radius 2 is 1.94 bits per heavy atom. The van der Waals surface area contributed by atoms with Crippen LogP contribution in [0.2, 0.25) is 0 Å². The molecular weight excluding hydrogens is 216 g/mol. The van der Waals surface area contributed by atoms with Crippen molar-refractivity contribution in [1.82, 2.24) is 4.90 Å². The zero-order valence-electron chi connectivity index (χ0n) is 11.1. The minimum atomic E-state index is -0.621. The first-order valence-corrected chi connectivity index (χ1v) is 6.77. The van der Waals surface area contributed by atoms with Crippen molar-refractivity contribution in [2.75, 3.05) is 32.8 Å². The summed E-state index contributed by atoms with van der Waals surface area (Å²) < 4.78 is 5.49. The van der Waals surface area contributed by atoms with E-state index >= 15 is 0 Å². The van der Waals surface area contributed by atoms with E-state index in [1.807, 2.05) is 0 Å². The molecule has 0 spiro atoms. The lowest BCUT2D eigenvalue weighted by atomic mass is 9.66. The topological polar surface area (TPSA) is 58.7 Å². The Hall–Kier alpha value is -0.160. The third-order valence-corrected chi connectivity index (χ3v) is 4.84. The molecule has 0 aromatic rings. The number of hydrogen-bond acceptors (Lipinski definition) is 4. The monoisotopic (exact) mass is 242 g/mol. The first-order chi connectivity index (χ1) is 8.03. The number of likely N-dealkylation sites (tertiary alicyclic amines) is 1. The molecule has 0 amide bonds. The molecule has 0 aliphatic carbocycles. The van der Waals surface area contributed by atoms with Gasteiger partial charge in [0.25, 0.3) is 0 Å². The summed E-state index contributed by atoms with van der Waals surface area (Å²) in [6.45, 7) is 8.26. The van der Waals surface area contributed by atoms with E-state index in [0.29, 0.717) is 19.2 Å². The molecule has 0 aromatic heterocycles. The summed E-state index contributed by atoms with van der Waals surface area (Å²) in [5.41, 5.74) is 5.11. The Balaban J connectivity index is 2.05. The van der Waals surface area contributed by atoms with Gasteiger partial charge in [-0.25, -0.2) is 0 Å². The fraction of sp³-hybridized carbons (Fsp3) is 1.00. The Bertz CT molecular complexity index is 254. The van der Waals surface area contributed by atoms with Crippen LogP contribution in [0, 0.1) is 5.41 Å². The molecule has 2 saturated heterocycles. The molecule has 2 aliphatic heterocycles. The molecule has 4 nitrogen and oxygen atoms in total. The highest BCUT2D eigenvalue weighted by molar-refractivity contribution is 5.04. The first-order valence-electron chi connectivity index (χ1n) is 6.77. The van der Waals surface area contributed by atoms with Crippen LogP contribution in [0.25, 0.3) is 0 Å². The number of aliphatic hydroxyl groups is 1. The lowest BCUT2D eigenvalue weighted by Crippen LogP contribution is -2.59. The fourth-order valence-corrected chi connectivity index (χ4v) is 3.27. The molecule has 4 heteroatoms. The van der Waals surface area contributed by atoms with E-state index in [4.69, 9.17) is 10.5 Å². The number of hydrogen-bond donors (Lipinski definition) is 2. The SMILES string of the molecule is CC(C)N1CCC(O)(C2(CN)CCOC2)CC1. The van der Waals surface area contributed by atoms with Gasteiger partial charge >= 0.3 is 0 Å². The minimum absolute atomic E-state index is 0.198. The summed E-state index contributed by atoms with van der Waals surface area (Å²) in [7, 11) is 0. The second-order valence-corrected chi connectivity index (χ2v) is 5.95. The van der Waals surface area contributed by atoms with Crippen LogP contribution in [0.1, 0.15) is 33.1 Å². The van der Waals surface area contributed by atoms with Crippen molar-refractivity contribution in [2.45, 2.75) is 44.8 Å². The van der Waals surface area contributed by atoms with Crippen molar-refractivity contribution in [3.05, 3.63) is 0 Å². The van der Waals surface area contributed by atoms with E-state index in [0.717, 1.165) is 39.0 Å². The summed E-state index contributed by atoms with van der Waals surface area (Å²) in [5, 5.41) is 10.9. The maximum atomic E-state index is 10.9. The van der Waals surface area contributed by atoms with Crippen molar-refractivity contribution < 1.29 is 9.84 Å². The lowest BCUT2D eigenvalue weighted by molar-refractivity contribution is -0.121. The van der Waals surface area contributed by atoms with E-state index in [9.17, 15) is 5.11 Å². The predicted molar refractivity (Wildman–Crippen MR) is 67.8 cm³/mol. The Morgan fingerprint density at radius 3 is 2.35 bits per heavy atom. The van der Waals surface area contributed by atoms with Gasteiger partial charge in [-0.1, -0.05) is 0 Å². The highest BCUT2D eigenvalue weighted by Gasteiger charge is 2.52. The van der Waals surface area contributed by atoms with Gasteiger partial charge in [0.05, 0.1) is 12.2 Å². The van der Waals surface area contributed by atoms with Crippen molar-refractivity contribution in [2.24, 2.45) is 11.1 Å². The molecule has 2 heterocycles. The quantitative estimate of drug-likeness (QED) is 0.760. The highest BCUT2D eigenvalue weighted by Crippen LogP contribution is 2.44. The molecule has 17 heavy (non-hydrogen) atoms. The molecule has 3 N–H and O–H groups in total. The van der Waals surface area contributed by atoms with Gasteiger partial charge in [0.2, 0.25) is 0 Å². The molecule has 2 rings (SSSR count). The molecule has 100 valence electrons. The largest absolute Gasteiger partial charge is 0.389 e. The summed E-state index contributed by atoms with van der Waals surface area (Å²) in [6, 6.07) is 0.563. The average Bonchev–Trinajstić information content (AvgIpc) is 2.79. The van der Waals surface area contributed by atoms with E-state index in [1.54, 1.807) is 0 Å². The molecular formula is C13H26N2O2. The van der Waals surface area contributed by atoms with Gasteiger partial charge in [0.15, 0.2) is 0 Å². The molecule has 0 saturated carbocycles. The van der Waals surface area contributed by atoms with Gasteiger partial charge in [-0.05, 0) is 33.1 Å². The van der Waals surface area contributed by atoms with Crippen molar-refractivity contribution >= 4 is 0 Å². The third kappa shape index (κ3) is 2.24. The highest BCUT2D eigenvalue weighted by atomic mass is 16.5. The number of nitrogens with zero attached hydrogens (tertiary/aromatic N) is 1. The molecule has 0 radical (unpaired) electrons. The van der Waals surface area contributed by atoms with Crippen LogP contribution < -0.4 is 5.73 Å². The van der Waals surface area contributed by atoms with Gasteiger partial charge in [-0.2, -0.15) is 0 Å². The van der Waals surface area contributed by atoms with E-state index < -0.39 is 5.60 Å². The van der Waals surface area contributed by atoms with Crippen LogP contribution in [-0.2, 0) is 4.74 Å². The smallest absolute Gasteiger partial charge is 0.0763 e.